The van der Waals surface area contributed by atoms with Crippen LogP contribution in [0.5, 0.6) is 0 Å². The van der Waals surface area contributed by atoms with Gasteiger partial charge in [0.25, 0.3) is 5.91 Å². The van der Waals surface area contributed by atoms with Gasteiger partial charge in [-0.2, -0.15) is 10.2 Å². The Morgan fingerprint density at radius 2 is 2.15 bits per heavy atom. The maximum absolute atomic E-state index is 11.7. The first kappa shape index (κ1) is 12.1. The van der Waals surface area contributed by atoms with Crippen LogP contribution >= 0.6 is 0 Å². The molecule has 0 fully saturated rings. The topological polar surface area (TPSA) is 88.5 Å². The highest BCUT2D eigenvalue weighted by Gasteiger charge is 2.08. The van der Waals surface area contributed by atoms with Gasteiger partial charge < -0.3 is 5.32 Å². The molecule has 0 unspecified atom stereocenters. The molecule has 0 saturated carbocycles. The van der Waals surface area contributed by atoms with Crippen LogP contribution in [0.2, 0.25) is 0 Å². The number of H-pyrrole nitrogens is 1. The fourth-order valence-electron chi connectivity index (χ4n) is 1.75. The van der Waals surface area contributed by atoms with Gasteiger partial charge in [0.1, 0.15) is 6.33 Å². The number of amides is 1. The Hall–Kier alpha value is -2.96. The van der Waals surface area contributed by atoms with E-state index in [4.69, 9.17) is 0 Å². The number of benzene rings is 1. The van der Waals surface area contributed by atoms with Gasteiger partial charge >= 0.3 is 0 Å². The highest BCUT2D eigenvalue weighted by Crippen LogP contribution is 2.07. The maximum atomic E-state index is 11.7. The zero-order valence-corrected chi connectivity index (χ0v) is 10.5. The quantitative estimate of drug-likeness (QED) is 0.736. The molecule has 2 N–H and O–H groups in total. The van der Waals surface area contributed by atoms with Crippen molar-refractivity contribution in [3.05, 3.63) is 60.4 Å². The molecule has 0 atom stereocenters. The van der Waals surface area contributed by atoms with E-state index in [1.54, 1.807) is 10.9 Å². The highest BCUT2D eigenvalue weighted by molar-refractivity contribution is 5.90. The molecule has 3 aromatic rings. The summed E-state index contributed by atoms with van der Waals surface area (Å²) in [5, 5.41) is 13.1. The monoisotopic (exact) mass is 268 g/mol. The minimum Gasteiger partial charge on any atom is -0.345 e. The van der Waals surface area contributed by atoms with E-state index in [0.29, 0.717) is 6.54 Å². The van der Waals surface area contributed by atoms with E-state index in [0.717, 1.165) is 11.3 Å². The Labute approximate surface area is 114 Å². The summed E-state index contributed by atoms with van der Waals surface area (Å²) in [6.45, 7) is 0.381. The lowest BCUT2D eigenvalue weighted by Gasteiger charge is -2.00. The third-order valence-electron chi connectivity index (χ3n) is 2.74. The number of hydrogen-bond donors (Lipinski definition) is 2. The van der Waals surface area contributed by atoms with Crippen molar-refractivity contribution in [2.24, 2.45) is 0 Å². The average Bonchev–Trinajstić information content (AvgIpc) is 3.17. The van der Waals surface area contributed by atoms with Gasteiger partial charge in [-0.1, -0.05) is 18.2 Å². The second kappa shape index (κ2) is 5.35. The van der Waals surface area contributed by atoms with E-state index in [2.05, 4.69) is 25.6 Å². The van der Waals surface area contributed by atoms with Crippen LogP contribution in [-0.4, -0.2) is 30.9 Å². The number of carbonyl (C=O) groups excluding carboxylic acids is 1. The number of para-hydroxylation sites is 1. The molecular formula is C13H12N6O. The van der Waals surface area contributed by atoms with Gasteiger partial charge in [-0.3, -0.25) is 9.89 Å². The fraction of sp³-hybridized carbons (Fsp3) is 0.0769. The molecular weight excluding hydrogens is 256 g/mol. The van der Waals surface area contributed by atoms with Crippen LogP contribution in [0.1, 0.15) is 16.2 Å². The lowest BCUT2D eigenvalue weighted by atomic mass is 10.3. The Balaban J connectivity index is 1.65. The number of nitrogens with one attached hydrogen (secondary N) is 2. The molecule has 2 heterocycles. The van der Waals surface area contributed by atoms with Crippen LogP contribution in [0, 0.1) is 0 Å². The molecule has 0 saturated heterocycles. The molecule has 0 spiro atoms. The standard InChI is InChI=1S/C13H12N6O/c20-13(12-15-9-16-18-12)14-6-10-7-17-19(8-10)11-4-2-1-3-5-11/h1-5,7-9H,6H2,(H,14,20)(H,15,16,18). The molecule has 0 aliphatic rings. The number of nitrogens with zero attached hydrogens (tertiary/aromatic N) is 4. The van der Waals surface area contributed by atoms with Crippen molar-refractivity contribution in [3.63, 3.8) is 0 Å². The van der Waals surface area contributed by atoms with Gasteiger partial charge in [0.05, 0.1) is 11.9 Å². The van der Waals surface area contributed by atoms with Crippen LogP contribution in [0.15, 0.2) is 49.1 Å². The summed E-state index contributed by atoms with van der Waals surface area (Å²) >= 11 is 0. The predicted molar refractivity (Wildman–Crippen MR) is 71.1 cm³/mol. The van der Waals surface area contributed by atoms with E-state index in [-0.39, 0.29) is 11.7 Å². The zero-order valence-electron chi connectivity index (χ0n) is 10.5. The summed E-state index contributed by atoms with van der Waals surface area (Å²) in [5.74, 6) is -0.101. The maximum Gasteiger partial charge on any atom is 0.288 e. The Morgan fingerprint density at radius 1 is 1.30 bits per heavy atom. The minimum absolute atomic E-state index is 0.195. The molecule has 100 valence electrons. The summed E-state index contributed by atoms with van der Waals surface area (Å²) in [6, 6.07) is 9.77. The molecule has 0 aliphatic carbocycles. The second-order valence-electron chi connectivity index (χ2n) is 4.15. The van der Waals surface area contributed by atoms with Crippen molar-refractivity contribution in [1.82, 2.24) is 30.3 Å². The number of rotatable bonds is 4. The van der Waals surface area contributed by atoms with Gasteiger partial charge in [0.2, 0.25) is 5.82 Å². The van der Waals surface area contributed by atoms with E-state index >= 15 is 0 Å². The fourth-order valence-corrected chi connectivity index (χ4v) is 1.75. The summed E-state index contributed by atoms with van der Waals surface area (Å²) in [5.41, 5.74) is 1.88. The molecule has 20 heavy (non-hydrogen) atoms. The second-order valence-corrected chi connectivity index (χ2v) is 4.15. The van der Waals surface area contributed by atoms with Crippen LogP contribution in [0.25, 0.3) is 5.69 Å². The molecule has 7 nitrogen and oxygen atoms in total. The van der Waals surface area contributed by atoms with Crippen molar-refractivity contribution in [3.8, 4) is 5.69 Å². The van der Waals surface area contributed by atoms with Crippen molar-refractivity contribution in [2.45, 2.75) is 6.54 Å². The molecule has 2 aromatic heterocycles. The summed E-state index contributed by atoms with van der Waals surface area (Å²) in [7, 11) is 0. The largest absolute Gasteiger partial charge is 0.345 e. The molecule has 1 amide bonds. The van der Waals surface area contributed by atoms with Crippen molar-refractivity contribution < 1.29 is 4.79 Å². The first-order valence-corrected chi connectivity index (χ1v) is 6.05. The first-order chi connectivity index (χ1) is 9.83. The number of aromatic nitrogens is 5. The minimum atomic E-state index is -0.296. The molecule has 0 aliphatic heterocycles. The van der Waals surface area contributed by atoms with Crippen molar-refractivity contribution >= 4 is 5.91 Å². The molecule has 7 heteroatoms. The summed E-state index contributed by atoms with van der Waals surface area (Å²) < 4.78 is 1.76. The first-order valence-electron chi connectivity index (χ1n) is 6.05. The van der Waals surface area contributed by atoms with E-state index in [9.17, 15) is 4.79 Å². The van der Waals surface area contributed by atoms with E-state index < -0.39 is 0 Å². The number of carbonyl (C=O) groups is 1. The van der Waals surface area contributed by atoms with Crippen molar-refractivity contribution in [2.75, 3.05) is 0 Å². The van der Waals surface area contributed by atoms with Crippen LogP contribution in [-0.2, 0) is 6.54 Å². The van der Waals surface area contributed by atoms with Gasteiger partial charge in [0, 0.05) is 18.3 Å². The number of hydrogen-bond acceptors (Lipinski definition) is 4. The molecule has 0 radical (unpaired) electrons. The van der Waals surface area contributed by atoms with Crippen LogP contribution < -0.4 is 5.32 Å². The molecule has 0 bridgehead atoms. The molecule has 3 rings (SSSR count). The zero-order chi connectivity index (χ0) is 13.8. The van der Waals surface area contributed by atoms with Crippen LogP contribution in [0.4, 0.5) is 0 Å². The lowest BCUT2D eigenvalue weighted by molar-refractivity contribution is 0.0941. The third kappa shape index (κ3) is 2.56. The molecule has 1 aromatic carbocycles. The van der Waals surface area contributed by atoms with Gasteiger partial charge in [-0.05, 0) is 12.1 Å². The normalized spacial score (nSPS) is 10.4. The lowest BCUT2D eigenvalue weighted by Crippen LogP contribution is -2.23. The highest BCUT2D eigenvalue weighted by atomic mass is 16.2. The Kier molecular flexibility index (Phi) is 3.24. The van der Waals surface area contributed by atoms with Gasteiger partial charge in [-0.25, -0.2) is 9.67 Å². The Bertz CT molecular complexity index is 689. The SMILES string of the molecule is O=C(NCc1cnn(-c2ccccc2)c1)c1ncn[nH]1. The summed E-state index contributed by atoms with van der Waals surface area (Å²) in [6.07, 6.45) is 4.88. The van der Waals surface area contributed by atoms with Gasteiger partial charge in [0.15, 0.2) is 0 Å². The van der Waals surface area contributed by atoms with Gasteiger partial charge in [-0.15, -0.1) is 0 Å². The summed E-state index contributed by atoms with van der Waals surface area (Å²) in [4.78, 5) is 15.5. The van der Waals surface area contributed by atoms with E-state index in [1.165, 1.54) is 6.33 Å². The smallest absolute Gasteiger partial charge is 0.288 e. The Morgan fingerprint density at radius 3 is 2.90 bits per heavy atom. The predicted octanol–water partition coefficient (Wildman–Crippen LogP) is 0.920. The van der Waals surface area contributed by atoms with Crippen LogP contribution in [0.3, 0.4) is 0 Å². The van der Waals surface area contributed by atoms with E-state index in [1.807, 2.05) is 36.5 Å². The third-order valence-corrected chi connectivity index (χ3v) is 2.74. The average molecular weight is 268 g/mol. The van der Waals surface area contributed by atoms with Crippen molar-refractivity contribution in [1.29, 1.82) is 0 Å². The number of aromatic amines is 1.